The molecule has 1 fully saturated rings. The molecule has 5 nitrogen and oxygen atoms in total. The first kappa shape index (κ1) is 12.2. The van der Waals surface area contributed by atoms with Crippen LogP contribution in [0.15, 0.2) is 24.5 Å². The summed E-state index contributed by atoms with van der Waals surface area (Å²) in [5.41, 5.74) is 1.34. The Hall–Kier alpha value is -1.88. The smallest absolute Gasteiger partial charge is 0.340 e. The zero-order chi connectivity index (χ0) is 13.2. The van der Waals surface area contributed by atoms with E-state index in [4.69, 9.17) is 9.47 Å². The van der Waals surface area contributed by atoms with Crippen molar-refractivity contribution in [2.45, 2.75) is 12.8 Å². The Morgan fingerprint density at radius 2 is 2.53 bits per heavy atom. The standard InChI is InChI=1S/C14H16N2O3/c1-18-14(17)11-3-2-5-16-12(11)8-15-13(16)7-10-4-6-19-9-10/h2-3,5,8,10H,4,6-7,9H2,1H3. The van der Waals surface area contributed by atoms with Crippen molar-refractivity contribution in [3.63, 3.8) is 0 Å². The summed E-state index contributed by atoms with van der Waals surface area (Å²) in [6.45, 7) is 1.63. The van der Waals surface area contributed by atoms with Gasteiger partial charge in [0.05, 0.1) is 24.4 Å². The molecule has 0 aromatic carbocycles. The predicted octanol–water partition coefficient (Wildman–Crippen LogP) is 1.70. The van der Waals surface area contributed by atoms with Gasteiger partial charge in [-0.3, -0.25) is 0 Å². The molecule has 1 saturated heterocycles. The third-order valence-electron chi connectivity index (χ3n) is 3.55. The van der Waals surface area contributed by atoms with Crippen molar-refractivity contribution in [3.8, 4) is 0 Å². The maximum Gasteiger partial charge on any atom is 0.340 e. The Morgan fingerprint density at radius 3 is 3.26 bits per heavy atom. The monoisotopic (exact) mass is 260 g/mol. The van der Waals surface area contributed by atoms with Crippen LogP contribution in [0.25, 0.3) is 5.52 Å². The molecule has 1 unspecified atom stereocenters. The Bertz CT molecular complexity index is 600. The molecule has 1 atom stereocenters. The molecule has 100 valence electrons. The SMILES string of the molecule is COC(=O)c1cccn2c(CC3CCOC3)ncc12. The van der Waals surface area contributed by atoms with Crippen molar-refractivity contribution in [1.82, 2.24) is 9.38 Å². The van der Waals surface area contributed by atoms with Gasteiger partial charge in [-0.2, -0.15) is 0 Å². The molecule has 1 aliphatic rings. The van der Waals surface area contributed by atoms with Crippen molar-refractivity contribution in [1.29, 1.82) is 0 Å². The van der Waals surface area contributed by atoms with Gasteiger partial charge < -0.3 is 13.9 Å². The van der Waals surface area contributed by atoms with Crippen LogP contribution in [-0.4, -0.2) is 35.7 Å². The summed E-state index contributed by atoms with van der Waals surface area (Å²) in [6, 6.07) is 3.60. The van der Waals surface area contributed by atoms with Gasteiger partial charge in [-0.15, -0.1) is 0 Å². The molecule has 0 radical (unpaired) electrons. The molecule has 0 N–H and O–H groups in total. The van der Waals surface area contributed by atoms with E-state index in [-0.39, 0.29) is 5.97 Å². The van der Waals surface area contributed by atoms with Crippen LogP contribution >= 0.6 is 0 Å². The second kappa shape index (κ2) is 5.01. The van der Waals surface area contributed by atoms with E-state index in [1.807, 2.05) is 16.7 Å². The molecular formula is C14H16N2O3. The molecule has 2 aromatic rings. The van der Waals surface area contributed by atoms with Crippen molar-refractivity contribution < 1.29 is 14.3 Å². The summed E-state index contributed by atoms with van der Waals surface area (Å²) >= 11 is 0. The lowest BCUT2D eigenvalue weighted by Crippen LogP contribution is -2.08. The molecule has 2 aromatic heterocycles. The molecule has 0 aliphatic carbocycles. The summed E-state index contributed by atoms with van der Waals surface area (Å²) in [4.78, 5) is 16.1. The van der Waals surface area contributed by atoms with Crippen molar-refractivity contribution in [2.75, 3.05) is 20.3 Å². The van der Waals surface area contributed by atoms with E-state index in [1.54, 1.807) is 12.3 Å². The van der Waals surface area contributed by atoms with Gasteiger partial charge in [0.15, 0.2) is 0 Å². The minimum Gasteiger partial charge on any atom is -0.465 e. The minimum absolute atomic E-state index is 0.332. The highest BCUT2D eigenvalue weighted by Crippen LogP contribution is 2.20. The molecule has 5 heteroatoms. The van der Waals surface area contributed by atoms with Crippen LogP contribution in [-0.2, 0) is 15.9 Å². The summed E-state index contributed by atoms with van der Waals surface area (Å²) < 4.78 is 12.1. The van der Waals surface area contributed by atoms with Crippen LogP contribution in [0.1, 0.15) is 22.6 Å². The van der Waals surface area contributed by atoms with Crippen LogP contribution in [0.2, 0.25) is 0 Å². The lowest BCUT2D eigenvalue weighted by molar-refractivity contribution is 0.0602. The third-order valence-corrected chi connectivity index (χ3v) is 3.55. The van der Waals surface area contributed by atoms with Gasteiger partial charge in [-0.05, 0) is 24.5 Å². The van der Waals surface area contributed by atoms with Gasteiger partial charge in [0.2, 0.25) is 0 Å². The van der Waals surface area contributed by atoms with Gasteiger partial charge in [-0.1, -0.05) is 0 Å². The molecule has 0 saturated carbocycles. The van der Waals surface area contributed by atoms with Gasteiger partial charge in [0, 0.05) is 25.8 Å². The molecule has 1 aliphatic heterocycles. The highest BCUT2D eigenvalue weighted by atomic mass is 16.5. The van der Waals surface area contributed by atoms with Gasteiger partial charge >= 0.3 is 5.97 Å². The summed E-state index contributed by atoms with van der Waals surface area (Å²) in [7, 11) is 1.39. The molecule has 3 heterocycles. The van der Waals surface area contributed by atoms with Crippen LogP contribution < -0.4 is 0 Å². The van der Waals surface area contributed by atoms with E-state index in [0.717, 1.165) is 37.4 Å². The number of carbonyl (C=O) groups is 1. The van der Waals surface area contributed by atoms with Crippen LogP contribution in [0.3, 0.4) is 0 Å². The zero-order valence-electron chi connectivity index (χ0n) is 10.8. The number of esters is 1. The number of fused-ring (bicyclic) bond motifs is 1. The number of carbonyl (C=O) groups excluding carboxylic acids is 1. The normalized spacial score (nSPS) is 18.9. The summed E-state index contributed by atoms with van der Waals surface area (Å²) in [6.07, 6.45) is 5.61. The Labute approximate surface area is 111 Å². The Morgan fingerprint density at radius 1 is 1.63 bits per heavy atom. The average molecular weight is 260 g/mol. The Balaban J connectivity index is 1.96. The number of imidazole rings is 1. The number of rotatable bonds is 3. The first-order valence-corrected chi connectivity index (χ1v) is 6.40. The van der Waals surface area contributed by atoms with Crippen molar-refractivity contribution in [2.24, 2.45) is 5.92 Å². The largest absolute Gasteiger partial charge is 0.465 e. The minimum atomic E-state index is -0.332. The van der Waals surface area contributed by atoms with Crippen LogP contribution in [0, 0.1) is 5.92 Å². The van der Waals surface area contributed by atoms with E-state index in [2.05, 4.69) is 4.98 Å². The predicted molar refractivity (Wildman–Crippen MR) is 69.2 cm³/mol. The fourth-order valence-electron chi connectivity index (χ4n) is 2.51. The fraction of sp³-hybridized carbons (Fsp3) is 0.429. The number of hydrogen-bond donors (Lipinski definition) is 0. The summed E-state index contributed by atoms with van der Waals surface area (Å²) in [5.74, 6) is 1.16. The number of ether oxygens (including phenoxy) is 2. The molecular weight excluding hydrogens is 244 g/mol. The van der Waals surface area contributed by atoms with E-state index >= 15 is 0 Å². The highest BCUT2D eigenvalue weighted by molar-refractivity contribution is 5.96. The average Bonchev–Trinajstić information content (AvgIpc) is 3.08. The third kappa shape index (κ3) is 2.21. The second-order valence-corrected chi connectivity index (χ2v) is 4.78. The second-order valence-electron chi connectivity index (χ2n) is 4.78. The molecule has 0 amide bonds. The number of pyridine rings is 1. The Kier molecular flexibility index (Phi) is 3.21. The van der Waals surface area contributed by atoms with Crippen molar-refractivity contribution >= 4 is 11.5 Å². The van der Waals surface area contributed by atoms with Gasteiger partial charge in [0.25, 0.3) is 0 Å². The van der Waals surface area contributed by atoms with Gasteiger partial charge in [-0.25, -0.2) is 9.78 Å². The first-order chi connectivity index (χ1) is 9.29. The maximum absolute atomic E-state index is 11.7. The number of aromatic nitrogens is 2. The fourth-order valence-corrected chi connectivity index (χ4v) is 2.51. The molecule has 19 heavy (non-hydrogen) atoms. The topological polar surface area (TPSA) is 52.8 Å². The lowest BCUT2D eigenvalue weighted by atomic mass is 10.1. The highest BCUT2D eigenvalue weighted by Gasteiger charge is 2.19. The van der Waals surface area contributed by atoms with E-state index in [9.17, 15) is 4.79 Å². The van der Waals surface area contributed by atoms with Crippen molar-refractivity contribution in [3.05, 3.63) is 35.9 Å². The van der Waals surface area contributed by atoms with Gasteiger partial charge in [0.1, 0.15) is 5.82 Å². The summed E-state index contributed by atoms with van der Waals surface area (Å²) in [5, 5.41) is 0. The molecule has 0 bridgehead atoms. The number of nitrogens with zero attached hydrogens (tertiary/aromatic N) is 2. The maximum atomic E-state index is 11.7. The van der Waals surface area contributed by atoms with Crippen LogP contribution in [0.5, 0.6) is 0 Å². The van der Waals surface area contributed by atoms with E-state index in [1.165, 1.54) is 7.11 Å². The number of methoxy groups -OCH3 is 1. The van der Waals surface area contributed by atoms with Crippen LogP contribution in [0.4, 0.5) is 0 Å². The van der Waals surface area contributed by atoms with E-state index < -0.39 is 0 Å². The lowest BCUT2D eigenvalue weighted by Gasteiger charge is -2.07. The quantitative estimate of drug-likeness (QED) is 0.788. The first-order valence-electron chi connectivity index (χ1n) is 6.40. The zero-order valence-corrected chi connectivity index (χ0v) is 10.8. The molecule has 0 spiro atoms. The number of hydrogen-bond acceptors (Lipinski definition) is 4. The van der Waals surface area contributed by atoms with E-state index in [0.29, 0.717) is 11.5 Å². The molecule has 3 rings (SSSR count).